The summed E-state index contributed by atoms with van der Waals surface area (Å²) in [6, 6.07) is 0.592. The molecule has 0 spiro atoms. The summed E-state index contributed by atoms with van der Waals surface area (Å²) in [5.41, 5.74) is 0. The summed E-state index contributed by atoms with van der Waals surface area (Å²) in [4.78, 5) is 0. The lowest BCUT2D eigenvalue weighted by molar-refractivity contribution is 0.205. The molecule has 14 heavy (non-hydrogen) atoms. The average molecular weight is 217 g/mol. The molecule has 3 heteroatoms. The van der Waals surface area contributed by atoms with Gasteiger partial charge in [-0.3, -0.25) is 0 Å². The molecule has 2 atom stereocenters. The van der Waals surface area contributed by atoms with Crippen LogP contribution < -0.4 is 5.32 Å². The highest BCUT2D eigenvalue weighted by molar-refractivity contribution is 7.98. The Balaban J connectivity index is 2.00. The van der Waals surface area contributed by atoms with Gasteiger partial charge in [-0.15, -0.1) is 0 Å². The molecule has 0 aromatic rings. The minimum absolute atomic E-state index is 0.364. The maximum atomic E-state index is 9.13. The summed E-state index contributed by atoms with van der Waals surface area (Å²) in [7, 11) is 0. The Labute approximate surface area is 91.9 Å². The maximum absolute atomic E-state index is 9.13. The molecule has 1 aliphatic rings. The van der Waals surface area contributed by atoms with E-state index in [1.807, 2.05) is 11.8 Å². The second kappa shape index (κ2) is 7.55. The molecule has 0 heterocycles. The van der Waals surface area contributed by atoms with Crippen LogP contribution >= 0.6 is 11.8 Å². The van der Waals surface area contributed by atoms with Crippen LogP contribution in [0.15, 0.2) is 0 Å². The number of thioether (sulfide) groups is 1. The lowest BCUT2D eigenvalue weighted by atomic mass is 10.1. The van der Waals surface area contributed by atoms with Crippen LogP contribution in [0.5, 0.6) is 0 Å². The Morgan fingerprint density at radius 1 is 1.36 bits per heavy atom. The van der Waals surface area contributed by atoms with E-state index < -0.39 is 0 Å². The fourth-order valence-corrected chi connectivity index (χ4v) is 2.68. The highest BCUT2D eigenvalue weighted by Gasteiger charge is 2.25. The van der Waals surface area contributed by atoms with E-state index in [0.717, 1.165) is 6.54 Å². The zero-order chi connectivity index (χ0) is 10.2. The van der Waals surface area contributed by atoms with E-state index in [4.69, 9.17) is 5.11 Å². The third-order valence-corrected chi connectivity index (χ3v) is 3.77. The molecule has 0 aromatic heterocycles. The van der Waals surface area contributed by atoms with Crippen molar-refractivity contribution in [3.8, 4) is 0 Å². The summed E-state index contributed by atoms with van der Waals surface area (Å²) in [6.45, 7) is 1.49. The molecule has 2 nitrogen and oxygen atoms in total. The lowest BCUT2D eigenvalue weighted by Crippen LogP contribution is -2.34. The van der Waals surface area contributed by atoms with Gasteiger partial charge in [0.1, 0.15) is 0 Å². The van der Waals surface area contributed by atoms with Crippen molar-refractivity contribution in [3.63, 3.8) is 0 Å². The summed E-state index contributed by atoms with van der Waals surface area (Å²) >= 11 is 1.92. The van der Waals surface area contributed by atoms with Crippen molar-refractivity contribution in [1.82, 2.24) is 5.32 Å². The topological polar surface area (TPSA) is 32.3 Å². The summed E-state index contributed by atoms with van der Waals surface area (Å²) in [5, 5.41) is 12.7. The minimum Gasteiger partial charge on any atom is -0.396 e. The van der Waals surface area contributed by atoms with E-state index in [-0.39, 0.29) is 0 Å². The van der Waals surface area contributed by atoms with Crippen LogP contribution in [0.4, 0.5) is 0 Å². The SMILES string of the molecule is CSCCCCNC1CCCC1CO. The Bertz CT molecular complexity index is 143. The van der Waals surface area contributed by atoms with Crippen LogP contribution in [0.2, 0.25) is 0 Å². The van der Waals surface area contributed by atoms with Gasteiger partial charge in [-0.1, -0.05) is 6.42 Å². The second-order valence-corrected chi connectivity index (χ2v) is 5.12. The van der Waals surface area contributed by atoms with E-state index in [0.29, 0.717) is 18.6 Å². The number of hydrogen-bond acceptors (Lipinski definition) is 3. The molecule has 1 fully saturated rings. The van der Waals surface area contributed by atoms with Gasteiger partial charge < -0.3 is 10.4 Å². The molecule has 0 aromatic carbocycles. The van der Waals surface area contributed by atoms with Gasteiger partial charge in [0.2, 0.25) is 0 Å². The molecule has 1 saturated carbocycles. The van der Waals surface area contributed by atoms with E-state index in [9.17, 15) is 0 Å². The Hall–Kier alpha value is 0.270. The molecule has 1 aliphatic carbocycles. The largest absolute Gasteiger partial charge is 0.396 e. The number of aliphatic hydroxyl groups is 1. The molecule has 0 radical (unpaired) electrons. The first-order valence-corrected chi connectivity index (χ1v) is 7.11. The number of rotatable bonds is 7. The number of aliphatic hydroxyl groups excluding tert-OH is 1. The predicted octanol–water partition coefficient (Wildman–Crippen LogP) is 1.88. The van der Waals surface area contributed by atoms with Crippen LogP contribution in [-0.4, -0.2) is 36.3 Å². The van der Waals surface area contributed by atoms with Gasteiger partial charge in [0, 0.05) is 12.6 Å². The van der Waals surface area contributed by atoms with Crippen molar-refractivity contribution in [2.75, 3.05) is 25.2 Å². The quantitative estimate of drug-likeness (QED) is 0.639. The van der Waals surface area contributed by atoms with Crippen molar-refractivity contribution in [3.05, 3.63) is 0 Å². The Morgan fingerprint density at radius 2 is 2.21 bits per heavy atom. The third kappa shape index (κ3) is 4.20. The molecule has 2 unspecified atom stereocenters. The van der Waals surface area contributed by atoms with Gasteiger partial charge in [0.25, 0.3) is 0 Å². The van der Waals surface area contributed by atoms with E-state index in [2.05, 4.69) is 11.6 Å². The molecule has 0 bridgehead atoms. The second-order valence-electron chi connectivity index (χ2n) is 4.13. The van der Waals surface area contributed by atoms with Crippen LogP contribution in [0, 0.1) is 5.92 Å². The van der Waals surface area contributed by atoms with Crippen molar-refractivity contribution in [1.29, 1.82) is 0 Å². The van der Waals surface area contributed by atoms with Gasteiger partial charge >= 0.3 is 0 Å². The first-order valence-electron chi connectivity index (χ1n) is 5.71. The van der Waals surface area contributed by atoms with E-state index in [1.54, 1.807) is 0 Å². The molecule has 1 rings (SSSR count). The van der Waals surface area contributed by atoms with Crippen molar-refractivity contribution in [2.24, 2.45) is 5.92 Å². The molecule has 0 amide bonds. The zero-order valence-electron chi connectivity index (χ0n) is 9.17. The molecule has 0 saturated heterocycles. The molecule has 2 N–H and O–H groups in total. The van der Waals surface area contributed by atoms with Gasteiger partial charge in [0.05, 0.1) is 0 Å². The van der Waals surface area contributed by atoms with Gasteiger partial charge in [-0.05, 0) is 50.2 Å². The van der Waals surface area contributed by atoms with E-state index in [1.165, 1.54) is 37.9 Å². The Kier molecular flexibility index (Phi) is 6.65. The van der Waals surface area contributed by atoms with Gasteiger partial charge in [-0.25, -0.2) is 0 Å². The first kappa shape index (κ1) is 12.3. The monoisotopic (exact) mass is 217 g/mol. The predicted molar refractivity (Wildman–Crippen MR) is 63.8 cm³/mol. The van der Waals surface area contributed by atoms with Crippen molar-refractivity contribution >= 4 is 11.8 Å². The third-order valence-electron chi connectivity index (χ3n) is 3.08. The van der Waals surface area contributed by atoms with Crippen molar-refractivity contribution < 1.29 is 5.11 Å². The molecule has 84 valence electrons. The van der Waals surface area contributed by atoms with Crippen LogP contribution in [0.25, 0.3) is 0 Å². The number of nitrogens with one attached hydrogen (secondary N) is 1. The van der Waals surface area contributed by atoms with Gasteiger partial charge in [0.15, 0.2) is 0 Å². The minimum atomic E-state index is 0.364. The van der Waals surface area contributed by atoms with Gasteiger partial charge in [-0.2, -0.15) is 11.8 Å². The number of hydrogen-bond donors (Lipinski definition) is 2. The van der Waals surface area contributed by atoms with Crippen LogP contribution in [0.1, 0.15) is 32.1 Å². The molecular formula is C11H23NOS. The normalized spacial score (nSPS) is 27.0. The fraction of sp³-hybridized carbons (Fsp3) is 1.00. The highest BCUT2D eigenvalue weighted by Crippen LogP contribution is 2.24. The summed E-state index contributed by atoms with van der Waals surface area (Å²) in [6.07, 6.45) is 8.49. The summed E-state index contributed by atoms with van der Waals surface area (Å²) in [5.74, 6) is 1.80. The summed E-state index contributed by atoms with van der Waals surface area (Å²) < 4.78 is 0. The standard InChI is InChI=1S/C11H23NOS/c1-14-8-3-2-7-12-11-6-4-5-10(11)9-13/h10-13H,2-9H2,1H3. The van der Waals surface area contributed by atoms with Crippen molar-refractivity contribution in [2.45, 2.75) is 38.1 Å². The highest BCUT2D eigenvalue weighted by atomic mass is 32.2. The molecular weight excluding hydrogens is 194 g/mol. The van der Waals surface area contributed by atoms with Crippen LogP contribution in [-0.2, 0) is 0 Å². The number of unbranched alkanes of at least 4 members (excludes halogenated alkanes) is 1. The smallest absolute Gasteiger partial charge is 0.0474 e. The zero-order valence-corrected chi connectivity index (χ0v) is 9.98. The fourth-order valence-electron chi connectivity index (χ4n) is 2.18. The average Bonchev–Trinajstić information content (AvgIpc) is 2.65. The molecule has 0 aliphatic heterocycles. The van der Waals surface area contributed by atoms with Crippen LogP contribution in [0.3, 0.4) is 0 Å². The lowest BCUT2D eigenvalue weighted by Gasteiger charge is -2.18. The maximum Gasteiger partial charge on any atom is 0.0474 e. The Morgan fingerprint density at radius 3 is 2.93 bits per heavy atom. The first-order chi connectivity index (χ1) is 6.88. The van der Waals surface area contributed by atoms with E-state index >= 15 is 0 Å².